The van der Waals surface area contributed by atoms with Gasteiger partial charge in [0.15, 0.2) is 0 Å². The van der Waals surface area contributed by atoms with Crippen molar-refractivity contribution in [2.24, 2.45) is 5.92 Å². The van der Waals surface area contributed by atoms with Gasteiger partial charge < -0.3 is 10.6 Å². The Kier molecular flexibility index (Phi) is 2.89. The maximum absolute atomic E-state index is 12.6. The molecule has 0 saturated heterocycles. The van der Waals surface area contributed by atoms with Crippen molar-refractivity contribution in [3.05, 3.63) is 17.7 Å². The third-order valence-corrected chi connectivity index (χ3v) is 2.78. The van der Waals surface area contributed by atoms with Crippen LogP contribution >= 0.6 is 0 Å². The van der Waals surface area contributed by atoms with Gasteiger partial charge in [0, 0.05) is 13.6 Å². The molecule has 0 aliphatic heterocycles. The van der Waals surface area contributed by atoms with Crippen LogP contribution in [0.4, 0.5) is 24.8 Å². The monoisotopic (exact) mass is 245 g/mol. The Labute approximate surface area is 97.4 Å². The zero-order valence-electron chi connectivity index (χ0n) is 9.46. The van der Waals surface area contributed by atoms with Crippen molar-refractivity contribution in [2.75, 3.05) is 24.2 Å². The number of nitrogens with zero attached hydrogens (tertiary/aromatic N) is 2. The molecule has 0 radical (unpaired) electrons. The van der Waals surface area contributed by atoms with Gasteiger partial charge >= 0.3 is 6.18 Å². The van der Waals surface area contributed by atoms with Crippen LogP contribution in [0.3, 0.4) is 0 Å². The van der Waals surface area contributed by atoms with Crippen LogP contribution < -0.4 is 10.6 Å². The summed E-state index contributed by atoms with van der Waals surface area (Å²) in [5.41, 5.74) is 4.65. The molecule has 1 saturated carbocycles. The Bertz CT molecular complexity index is 413. The fourth-order valence-electron chi connectivity index (χ4n) is 1.68. The van der Waals surface area contributed by atoms with Crippen molar-refractivity contribution in [2.45, 2.75) is 19.0 Å². The summed E-state index contributed by atoms with van der Waals surface area (Å²) in [7, 11) is 1.74. The van der Waals surface area contributed by atoms with E-state index in [1.54, 1.807) is 11.9 Å². The zero-order chi connectivity index (χ0) is 12.6. The molecular formula is C11H14F3N3. The molecule has 1 aliphatic carbocycles. The molecule has 1 aliphatic rings. The summed E-state index contributed by atoms with van der Waals surface area (Å²) in [4.78, 5) is 5.66. The van der Waals surface area contributed by atoms with Crippen LogP contribution in [0.1, 0.15) is 18.4 Å². The minimum Gasteiger partial charge on any atom is -0.384 e. The van der Waals surface area contributed by atoms with E-state index in [0.717, 1.165) is 31.5 Å². The molecule has 2 rings (SSSR count). The van der Waals surface area contributed by atoms with Crippen LogP contribution in [0.15, 0.2) is 12.1 Å². The average molecular weight is 245 g/mol. The van der Waals surface area contributed by atoms with E-state index in [2.05, 4.69) is 4.98 Å². The van der Waals surface area contributed by atoms with Gasteiger partial charge in [-0.25, -0.2) is 4.98 Å². The van der Waals surface area contributed by atoms with Gasteiger partial charge in [0.2, 0.25) is 0 Å². The molecule has 3 nitrogen and oxygen atoms in total. The first-order valence-corrected chi connectivity index (χ1v) is 5.42. The van der Waals surface area contributed by atoms with Gasteiger partial charge in [-0.3, -0.25) is 0 Å². The SMILES string of the molecule is CN(CC1CC1)c1cc(C(F)(F)F)cc(N)n1. The molecule has 0 amide bonds. The van der Waals surface area contributed by atoms with Crippen molar-refractivity contribution >= 4 is 11.6 Å². The summed E-state index contributed by atoms with van der Waals surface area (Å²) in [5, 5.41) is 0. The third kappa shape index (κ3) is 3.01. The second-order valence-electron chi connectivity index (χ2n) is 4.46. The lowest BCUT2D eigenvalue weighted by atomic mass is 10.2. The number of hydrogen-bond donors (Lipinski definition) is 1. The van der Waals surface area contributed by atoms with E-state index in [1.807, 2.05) is 0 Å². The Morgan fingerprint density at radius 2 is 2.06 bits per heavy atom. The molecule has 0 atom stereocenters. The Morgan fingerprint density at radius 3 is 2.59 bits per heavy atom. The van der Waals surface area contributed by atoms with Gasteiger partial charge in [0.1, 0.15) is 11.6 Å². The highest BCUT2D eigenvalue weighted by Crippen LogP contribution is 2.34. The standard InChI is InChI=1S/C11H14F3N3/c1-17(6-7-2-3-7)10-5-8(11(12,13)14)4-9(15)16-10/h4-5,7H,2-3,6H2,1H3,(H2,15,16). The quantitative estimate of drug-likeness (QED) is 0.889. The lowest BCUT2D eigenvalue weighted by molar-refractivity contribution is -0.137. The first-order chi connectivity index (χ1) is 7.86. The molecule has 0 aromatic carbocycles. The summed E-state index contributed by atoms with van der Waals surface area (Å²) in [6.07, 6.45) is -2.11. The van der Waals surface area contributed by atoms with E-state index in [-0.39, 0.29) is 11.6 Å². The van der Waals surface area contributed by atoms with Crippen LogP contribution in [0.25, 0.3) is 0 Å². The smallest absolute Gasteiger partial charge is 0.384 e. The topological polar surface area (TPSA) is 42.1 Å². The van der Waals surface area contributed by atoms with Crippen molar-refractivity contribution < 1.29 is 13.2 Å². The lowest BCUT2D eigenvalue weighted by Gasteiger charge is -2.19. The van der Waals surface area contributed by atoms with Crippen molar-refractivity contribution in [1.29, 1.82) is 0 Å². The van der Waals surface area contributed by atoms with Gasteiger partial charge in [-0.1, -0.05) is 0 Å². The van der Waals surface area contributed by atoms with Crippen LogP contribution in [0.2, 0.25) is 0 Å². The summed E-state index contributed by atoms with van der Waals surface area (Å²) in [6.45, 7) is 0.730. The molecule has 2 N–H and O–H groups in total. The molecule has 0 unspecified atom stereocenters. The highest BCUT2D eigenvalue weighted by Gasteiger charge is 2.32. The lowest BCUT2D eigenvalue weighted by Crippen LogP contribution is -2.22. The normalized spacial score (nSPS) is 16.0. The third-order valence-electron chi connectivity index (χ3n) is 2.78. The first kappa shape index (κ1) is 12.0. The Hall–Kier alpha value is -1.46. The van der Waals surface area contributed by atoms with Crippen LogP contribution in [-0.2, 0) is 6.18 Å². The number of nitrogen functional groups attached to an aromatic ring is 1. The Balaban J connectivity index is 2.23. The summed E-state index contributed by atoms with van der Waals surface area (Å²) in [5.74, 6) is 0.763. The van der Waals surface area contributed by atoms with Gasteiger partial charge in [-0.05, 0) is 30.9 Å². The Morgan fingerprint density at radius 1 is 1.41 bits per heavy atom. The van der Waals surface area contributed by atoms with Crippen molar-refractivity contribution in [1.82, 2.24) is 4.98 Å². The van der Waals surface area contributed by atoms with Crippen molar-refractivity contribution in [3.63, 3.8) is 0 Å². The van der Waals surface area contributed by atoms with Gasteiger partial charge in [-0.15, -0.1) is 0 Å². The van der Waals surface area contributed by atoms with Crippen LogP contribution in [0, 0.1) is 5.92 Å². The largest absolute Gasteiger partial charge is 0.416 e. The molecule has 1 aromatic heterocycles. The molecular weight excluding hydrogens is 231 g/mol. The van der Waals surface area contributed by atoms with Gasteiger partial charge in [0.05, 0.1) is 5.56 Å². The molecule has 17 heavy (non-hydrogen) atoms. The molecule has 0 bridgehead atoms. The van der Waals surface area contributed by atoms with E-state index in [1.165, 1.54) is 0 Å². The summed E-state index contributed by atoms with van der Waals surface area (Å²) in [6, 6.07) is 1.90. The molecule has 1 heterocycles. The molecule has 1 fully saturated rings. The fraction of sp³-hybridized carbons (Fsp3) is 0.545. The van der Waals surface area contributed by atoms with E-state index >= 15 is 0 Å². The van der Waals surface area contributed by atoms with E-state index in [9.17, 15) is 13.2 Å². The number of nitrogens with two attached hydrogens (primary N) is 1. The number of halogens is 3. The molecule has 6 heteroatoms. The van der Waals surface area contributed by atoms with Crippen LogP contribution in [-0.4, -0.2) is 18.6 Å². The first-order valence-electron chi connectivity index (χ1n) is 5.42. The zero-order valence-corrected chi connectivity index (χ0v) is 9.46. The predicted molar refractivity (Wildman–Crippen MR) is 59.6 cm³/mol. The second kappa shape index (κ2) is 4.09. The maximum atomic E-state index is 12.6. The highest BCUT2D eigenvalue weighted by molar-refractivity contribution is 5.49. The molecule has 0 spiro atoms. The van der Waals surface area contributed by atoms with Gasteiger partial charge in [0.25, 0.3) is 0 Å². The number of rotatable bonds is 3. The van der Waals surface area contributed by atoms with E-state index < -0.39 is 11.7 Å². The summed E-state index contributed by atoms with van der Waals surface area (Å²) >= 11 is 0. The predicted octanol–water partition coefficient (Wildman–Crippen LogP) is 2.53. The second-order valence-corrected chi connectivity index (χ2v) is 4.46. The maximum Gasteiger partial charge on any atom is 0.416 e. The summed E-state index contributed by atoms with van der Waals surface area (Å²) < 4.78 is 37.8. The number of aromatic nitrogens is 1. The molecule has 94 valence electrons. The number of alkyl halides is 3. The number of anilines is 2. The van der Waals surface area contributed by atoms with Crippen LogP contribution in [0.5, 0.6) is 0 Å². The van der Waals surface area contributed by atoms with Gasteiger partial charge in [-0.2, -0.15) is 13.2 Å². The number of hydrogen-bond acceptors (Lipinski definition) is 3. The highest BCUT2D eigenvalue weighted by atomic mass is 19.4. The minimum atomic E-state index is -4.38. The fourth-order valence-corrected chi connectivity index (χ4v) is 1.68. The minimum absolute atomic E-state index is 0.0996. The van der Waals surface area contributed by atoms with E-state index in [4.69, 9.17) is 5.73 Å². The molecule has 1 aromatic rings. The van der Waals surface area contributed by atoms with Crippen molar-refractivity contribution in [3.8, 4) is 0 Å². The number of pyridine rings is 1. The average Bonchev–Trinajstić information content (AvgIpc) is 2.99. The van der Waals surface area contributed by atoms with E-state index in [0.29, 0.717) is 5.92 Å².